The van der Waals surface area contributed by atoms with Crippen LogP contribution in [0.4, 0.5) is 0 Å². The third-order valence-corrected chi connectivity index (χ3v) is 4.64. The quantitative estimate of drug-likeness (QED) is 0.904. The number of aromatic nitrogens is 2. The molecule has 0 bridgehead atoms. The summed E-state index contributed by atoms with van der Waals surface area (Å²) in [6.45, 7) is 0. The molecule has 1 saturated carbocycles. The van der Waals surface area contributed by atoms with Gasteiger partial charge < -0.3 is 0 Å². The highest BCUT2D eigenvalue weighted by Gasteiger charge is 2.33. The first-order valence-electron chi connectivity index (χ1n) is 5.36. The van der Waals surface area contributed by atoms with Crippen LogP contribution in [0.25, 0.3) is 11.0 Å². The number of amides is 1. The van der Waals surface area contributed by atoms with E-state index < -0.39 is 15.9 Å². The molecule has 0 atom stereocenters. The molecule has 6 nitrogen and oxygen atoms in total. The van der Waals surface area contributed by atoms with Gasteiger partial charge in [-0.2, -0.15) is 8.75 Å². The van der Waals surface area contributed by atoms with E-state index in [1.165, 1.54) is 6.07 Å². The molecule has 2 aromatic rings. The van der Waals surface area contributed by atoms with E-state index in [2.05, 4.69) is 13.5 Å². The second-order valence-electron chi connectivity index (χ2n) is 4.13. The minimum absolute atomic E-state index is 0.00255. The molecule has 8 heteroatoms. The summed E-state index contributed by atoms with van der Waals surface area (Å²) in [4.78, 5) is 11.5. The molecule has 0 unspecified atom stereocenters. The minimum atomic E-state index is -3.86. The van der Waals surface area contributed by atoms with E-state index in [1.807, 2.05) is 0 Å². The van der Waals surface area contributed by atoms with Crippen molar-refractivity contribution in [3.8, 4) is 0 Å². The van der Waals surface area contributed by atoms with Gasteiger partial charge in [-0.25, -0.2) is 13.1 Å². The lowest BCUT2D eigenvalue weighted by atomic mass is 10.3. The lowest BCUT2D eigenvalue weighted by Crippen LogP contribution is -2.31. The highest BCUT2D eigenvalue weighted by atomic mass is 32.2. The van der Waals surface area contributed by atoms with Crippen LogP contribution in [0.1, 0.15) is 12.8 Å². The van der Waals surface area contributed by atoms with Gasteiger partial charge >= 0.3 is 0 Å². The molecule has 1 aromatic heterocycles. The summed E-state index contributed by atoms with van der Waals surface area (Å²) >= 11 is 0.944. The van der Waals surface area contributed by atoms with Crippen molar-refractivity contribution in [2.45, 2.75) is 17.7 Å². The highest BCUT2D eigenvalue weighted by Crippen LogP contribution is 2.29. The largest absolute Gasteiger partial charge is 0.274 e. The van der Waals surface area contributed by atoms with Crippen LogP contribution in [0, 0.1) is 5.92 Å². The van der Waals surface area contributed by atoms with Gasteiger partial charge in [-0.3, -0.25) is 4.79 Å². The Morgan fingerprint density at radius 3 is 2.83 bits per heavy atom. The van der Waals surface area contributed by atoms with Crippen LogP contribution in [-0.4, -0.2) is 23.1 Å². The summed E-state index contributed by atoms with van der Waals surface area (Å²) in [5.41, 5.74) is 0.820. The summed E-state index contributed by atoms with van der Waals surface area (Å²) in [7, 11) is -3.86. The molecule has 1 N–H and O–H groups in total. The number of nitrogens with one attached hydrogen (secondary N) is 1. The smallest absolute Gasteiger partial charge is 0.266 e. The van der Waals surface area contributed by atoms with E-state index >= 15 is 0 Å². The van der Waals surface area contributed by atoms with Crippen LogP contribution in [0.3, 0.4) is 0 Å². The first-order valence-corrected chi connectivity index (χ1v) is 7.57. The van der Waals surface area contributed by atoms with E-state index in [0.717, 1.165) is 24.6 Å². The third-order valence-electron chi connectivity index (χ3n) is 2.72. The topological polar surface area (TPSA) is 89.0 Å². The zero-order valence-corrected chi connectivity index (χ0v) is 10.8. The van der Waals surface area contributed by atoms with Crippen LogP contribution < -0.4 is 4.72 Å². The van der Waals surface area contributed by atoms with Crippen molar-refractivity contribution in [2.75, 3.05) is 0 Å². The van der Waals surface area contributed by atoms with Gasteiger partial charge in [0.15, 0.2) is 0 Å². The van der Waals surface area contributed by atoms with E-state index in [-0.39, 0.29) is 10.8 Å². The summed E-state index contributed by atoms with van der Waals surface area (Å²) in [5, 5.41) is 0. The first-order chi connectivity index (χ1) is 8.58. The lowest BCUT2D eigenvalue weighted by Gasteiger charge is -2.06. The normalized spacial score (nSPS) is 15.8. The number of hydrogen-bond acceptors (Lipinski definition) is 6. The van der Waals surface area contributed by atoms with Crippen LogP contribution in [0.2, 0.25) is 0 Å². The Kier molecular flexibility index (Phi) is 2.56. The summed E-state index contributed by atoms with van der Waals surface area (Å²) in [6, 6.07) is 4.69. The van der Waals surface area contributed by atoms with Crippen molar-refractivity contribution < 1.29 is 13.2 Å². The minimum Gasteiger partial charge on any atom is -0.274 e. The van der Waals surface area contributed by atoms with Gasteiger partial charge in [-0.05, 0) is 25.0 Å². The molecule has 1 heterocycles. The Morgan fingerprint density at radius 1 is 1.33 bits per heavy atom. The summed E-state index contributed by atoms with van der Waals surface area (Å²) in [5.74, 6) is -0.595. The van der Waals surface area contributed by atoms with Crippen molar-refractivity contribution >= 4 is 38.7 Å². The Labute approximate surface area is 107 Å². The Balaban J connectivity index is 2.02. The zero-order chi connectivity index (χ0) is 12.8. The van der Waals surface area contributed by atoms with Gasteiger partial charge in [0.05, 0.1) is 11.7 Å². The van der Waals surface area contributed by atoms with Crippen LogP contribution in [0.5, 0.6) is 0 Å². The number of rotatable bonds is 3. The average Bonchev–Trinajstić information content (AvgIpc) is 3.06. The second-order valence-corrected chi connectivity index (χ2v) is 6.31. The number of hydrogen-bond donors (Lipinski definition) is 1. The highest BCUT2D eigenvalue weighted by molar-refractivity contribution is 7.90. The molecule has 1 amide bonds. The molecule has 0 aliphatic heterocycles. The van der Waals surface area contributed by atoms with Crippen LogP contribution in [-0.2, 0) is 14.8 Å². The van der Waals surface area contributed by atoms with Crippen molar-refractivity contribution in [3.05, 3.63) is 18.2 Å². The third kappa shape index (κ3) is 1.97. The SMILES string of the molecule is O=C(NS(=O)(=O)c1cccc2nsnc12)C1CC1. The molecule has 94 valence electrons. The number of carbonyl (C=O) groups excluding carboxylic acids is 1. The van der Waals surface area contributed by atoms with Crippen molar-refractivity contribution in [2.24, 2.45) is 5.92 Å². The Hall–Kier alpha value is -1.54. The van der Waals surface area contributed by atoms with Crippen LogP contribution >= 0.6 is 11.7 Å². The zero-order valence-electron chi connectivity index (χ0n) is 9.16. The average molecular weight is 283 g/mol. The molecule has 18 heavy (non-hydrogen) atoms. The van der Waals surface area contributed by atoms with Gasteiger partial charge in [0.1, 0.15) is 15.9 Å². The number of benzene rings is 1. The van der Waals surface area contributed by atoms with Gasteiger partial charge in [-0.1, -0.05) is 6.07 Å². The molecule has 1 aromatic carbocycles. The van der Waals surface area contributed by atoms with E-state index in [4.69, 9.17) is 0 Å². The molecular weight excluding hydrogens is 274 g/mol. The number of nitrogens with zero attached hydrogens (tertiary/aromatic N) is 2. The van der Waals surface area contributed by atoms with Gasteiger partial charge in [0.2, 0.25) is 5.91 Å². The van der Waals surface area contributed by atoms with Gasteiger partial charge in [-0.15, -0.1) is 0 Å². The van der Waals surface area contributed by atoms with Crippen molar-refractivity contribution in [1.82, 2.24) is 13.5 Å². The predicted molar refractivity (Wildman–Crippen MR) is 65.5 cm³/mol. The van der Waals surface area contributed by atoms with Crippen molar-refractivity contribution in [3.63, 3.8) is 0 Å². The standard InChI is InChI=1S/C10H9N3O3S2/c14-10(6-4-5-6)13-18(15,16)8-3-1-2-7-9(8)12-17-11-7/h1-3,6H,4-5H2,(H,13,14). The van der Waals surface area contributed by atoms with E-state index in [1.54, 1.807) is 12.1 Å². The van der Waals surface area contributed by atoms with E-state index in [0.29, 0.717) is 11.0 Å². The maximum atomic E-state index is 12.1. The Bertz CT molecular complexity index is 719. The van der Waals surface area contributed by atoms with Gasteiger partial charge in [0, 0.05) is 5.92 Å². The second kappa shape index (κ2) is 3.99. The summed E-state index contributed by atoms with van der Waals surface area (Å²) < 4.78 is 34.2. The Morgan fingerprint density at radius 2 is 2.11 bits per heavy atom. The molecule has 3 rings (SSSR count). The number of sulfonamides is 1. The summed E-state index contributed by atoms with van der Waals surface area (Å²) in [6.07, 6.45) is 1.51. The van der Waals surface area contributed by atoms with E-state index in [9.17, 15) is 13.2 Å². The molecule has 0 spiro atoms. The fraction of sp³-hybridized carbons (Fsp3) is 0.300. The molecule has 1 aliphatic carbocycles. The molecular formula is C10H9N3O3S2. The number of carbonyl (C=O) groups is 1. The van der Waals surface area contributed by atoms with Gasteiger partial charge in [0.25, 0.3) is 10.0 Å². The predicted octanol–water partition coefficient (Wildman–Crippen LogP) is 0.906. The fourth-order valence-corrected chi connectivity index (χ4v) is 3.43. The maximum Gasteiger partial charge on any atom is 0.266 e. The lowest BCUT2D eigenvalue weighted by molar-refractivity contribution is -0.120. The maximum absolute atomic E-state index is 12.1. The molecule has 0 saturated heterocycles. The molecule has 1 aliphatic rings. The fourth-order valence-electron chi connectivity index (χ4n) is 1.61. The first kappa shape index (κ1) is 11.5. The number of fused-ring (bicyclic) bond motifs is 1. The van der Waals surface area contributed by atoms with Crippen LogP contribution in [0.15, 0.2) is 23.1 Å². The molecule has 1 fully saturated rings. The van der Waals surface area contributed by atoms with Crippen molar-refractivity contribution in [1.29, 1.82) is 0 Å². The monoisotopic (exact) mass is 283 g/mol. The molecule has 0 radical (unpaired) electrons.